The van der Waals surface area contributed by atoms with E-state index in [1.165, 1.54) is 27.6 Å². The Kier molecular flexibility index (Phi) is 6.92. The minimum atomic E-state index is -1.13. The summed E-state index contributed by atoms with van der Waals surface area (Å²) in [6.07, 6.45) is 4.10. The molecular weight excluding hydrogens is 432 g/mol. The molecule has 0 fully saturated rings. The van der Waals surface area contributed by atoms with Gasteiger partial charge in [0.1, 0.15) is 8.07 Å². The minimum Gasteiger partial charge on any atom is -1.00 e. The molecule has 1 radical (unpaired) electrons. The van der Waals surface area contributed by atoms with Gasteiger partial charge in [-0.2, -0.15) is 17.5 Å². The van der Waals surface area contributed by atoms with Crippen molar-refractivity contribution in [2.45, 2.75) is 20.0 Å². The largest absolute Gasteiger partial charge is 3.00 e. The van der Waals surface area contributed by atoms with Gasteiger partial charge >= 0.3 is 26.2 Å². The summed E-state index contributed by atoms with van der Waals surface area (Å²) in [7, 11) is -1.13. The molecule has 3 aliphatic heterocycles. The molecule has 4 aliphatic rings. The van der Waals surface area contributed by atoms with Crippen molar-refractivity contribution in [1.29, 1.82) is 0 Å². The van der Waals surface area contributed by atoms with E-state index in [0.717, 1.165) is 0 Å². The van der Waals surface area contributed by atoms with Crippen LogP contribution in [-0.2, 0) is 26.2 Å². The van der Waals surface area contributed by atoms with Crippen molar-refractivity contribution < 1.29 is 51.0 Å². The predicted molar refractivity (Wildman–Crippen MR) is 93.3 cm³/mol. The maximum Gasteiger partial charge on any atom is 3.00 e. The van der Waals surface area contributed by atoms with Crippen molar-refractivity contribution in [2.75, 3.05) is 0 Å². The monoisotopic (exact) mass is 448 g/mol. The standard InChI is InChI=1S/C10H11NSi.C9H7.2ClH.Zr/c1-6-9-7-4-5-11-8(7)10(6)12(9,2)3;1-2-5-9-7-3-6-8(9)4-1;;;/h4-5H,1-3H3;1-7H;2*1H;/q;-1;;;+3/p-2. The Balaban J connectivity index is 0.000000220. The summed E-state index contributed by atoms with van der Waals surface area (Å²) in [4.78, 5) is 4.42. The number of hydrogen-bond acceptors (Lipinski definition) is 1. The van der Waals surface area contributed by atoms with E-state index in [1.54, 1.807) is 10.4 Å². The minimum absolute atomic E-state index is 0. The summed E-state index contributed by atoms with van der Waals surface area (Å²) in [5, 5.41) is 5.93. The zero-order valence-electron chi connectivity index (χ0n) is 13.9. The molecule has 2 bridgehead atoms. The molecule has 0 amide bonds. The SMILES string of the molecule is CC1=C2C3=CC=NC3=C1[Si]2(C)C.[Cl-].[Cl-].[Zr+3].c1ccc2[cH-]ccc2c1. The van der Waals surface area contributed by atoms with Gasteiger partial charge in [0.15, 0.2) is 0 Å². The van der Waals surface area contributed by atoms with E-state index in [2.05, 4.69) is 73.6 Å². The van der Waals surface area contributed by atoms with Gasteiger partial charge in [0.2, 0.25) is 0 Å². The number of fused-ring (bicyclic) bond motifs is 1. The fourth-order valence-corrected chi connectivity index (χ4v) is 7.80. The van der Waals surface area contributed by atoms with Crippen LogP contribution in [0.25, 0.3) is 10.8 Å². The quantitative estimate of drug-likeness (QED) is 0.359. The van der Waals surface area contributed by atoms with Gasteiger partial charge in [-0.3, -0.25) is 4.99 Å². The Labute approximate surface area is 176 Å². The Bertz CT molecular complexity index is 857. The van der Waals surface area contributed by atoms with E-state index in [-0.39, 0.29) is 51.0 Å². The number of hydrogen-bond donors (Lipinski definition) is 0. The van der Waals surface area contributed by atoms with Crippen molar-refractivity contribution in [2.24, 2.45) is 4.99 Å². The molecule has 0 saturated heterocycles. The van der Waals surface area contributed by atoms with E-state index in [1.807, 2.05) is 6.21 Å². The zero-order chi connectivity index (χ0) is 14.6. The fourth-order valence-electron chi connectivity index (χ4n) is 3.94. The first kappa shape index (κ1) is 21.4. The van der Waals surface area contributed by atoms with Gasteiger partial charge in [-0.1, -0.05) is 19.2 Å². The van der Waals surface area contributed by atoms with Crippen LogP contribution in [0.5, 0.6) is 0 Å². The van der Waals surface area contributed by atoms with Crippen LogP contribution in [0.3, 0.4) is 0 Å². The van der Waals surface area contributed by atoms with Crippen molar-refractivity contribution in [1.82, 2.24) is 0 Å². The third-order valence-corrected chi connectivity index (χ3v) is 8.51. The second-order valence-electron chi connectivity index (χ2n) is 6.36. The smallest absolute Gasteiger partial charge is 1.00 e. The molecule has 3 heterocycles. The molecule has 0 saturated carbocycles. The Hall–Kier alpha value is -0.600. The maximum atomic E-state index is 4.42. The molecule has 24 heavy (non-hydrogen) atoms. The van der Waals surface area contributed by atoms with Gasteiger partial charge in [-0.05, 0) is 29.0 Å². The number of aliphatic imine (C=N–C) groups is 1. The van der Waals surface area contributed by atoms with Crippen LogP contribution in [0.2, 0.25) is 13.1 Å². The van der Waals surface area contributed by atoms with E-state index in [0.29, 0.717) is 0 Å². The van der Waals surface area contributed by atoms with Gasteiger partial charge in [-0.25, -0.2) is 0 Å². The van der Waals surface area contributed by atoms with Gasteiger partial charge in [-0.15, -0.1) is 29.7 Å². The molecular formula is C19H18Cl2NSiZr. The zero-order valence-corrected chi connectivity index (χ0v) is 18.9. The number of benzene rings is 1. The van der Waals surface area contributed by atoms with Crippen LogP contribution >= 0.6 is 0 Å². The van der Waals surface area contributed by atoms with Crippen molar-refractivity contribution >= 4 is 25.1 Å². The topological polar surface area (TPSA) is 12.4 Å². The van der Waals surface area contributed by atoms with Gasteiger partial charge < -0.3 is 24.8 Å². The summed E-state index contributed by atoms with van der Waals surface area (Å²) in [6, 6.07) is 14.7. The van der Waals surface area contributed by atoms with Crippen LogP contribution in [0.4, 0.5) is 0 Å². The Morgan fingerprint density at radius 2 is 1.71 bits per heavy atom. The summed E-state index contributed by atoms with van der Waals surface area (Å²) < 4.78 is 0. The second-order valence-corrected chi connectivity index (χ2v) is 10.6. The Morgan fingerprint density at radius 1 is 1.00 bits per heavy atom. The molecule has 0 unspecified atom stereocenters. The predicted octanol–water partition coefficient (Wildman–Crippen LogP) is -1.05. The van der Waals surface area contributed by atoms with Crippen molar-refractivity contribution in [3.8, 4) is 0 Å². The first-order valence-corrected chi connectivity index (χ1v) is 10.4. The third kappa shape index (κ3) is 3.01. The van der Waals surface area contributed by atoms with Gasteiger partial charge in [0.25, 0.3) is 0 Å². The average Bonchev–Trinajstić information content (AvgIpc) is 3.14. The number of nitrogens with zero attached hydrogens (tertiary/aromatic N) is 1. The molecule has 5 heteroatoms. The first-order chi connectivity index (χ1) is 10.1. The molecule has 0 atom stereocenters. The van der Waals surface area contributed by atoms with Crippen LogP contribution in [-0.4, -0.2) is 14.3 Å². The molecule has 0 N–H and O–H groups in total. The number of allylic oxidation sites excluding steroid dienone is 4. The van der Waals surface area contributed by atoms with Crippen LogP contribution in [0.1, 0.15) is 6.92 Å². The number of rotatable bonds is 0. The van der Waals surface area contributed by atoms with E-state index in [9.17, 15) is 0 Å². The summed E-state index contributed by atoms with van der Waals surface area (Å²) >= 11 is 0. The molecule has 121 valence electrons. The summed E-state index contributed by atoms with van der Waals surface area (Å²) in [5.74, 6) is 0. The van der Waals surface area contributed by atoms with Crippen molar-refractivity contribution in [3.05, 3.63) is 75.8 Å². The normalized spacial score (nSPS) is 17.7. The van der Waals surface area contributed by atoms with Crippen LogP contribution < -0.4 is 24.8 Å². The van der Waals surface area contributed by atoms with Gasteiger partial charge in [0, 0.05) is 11.8 Å². The van der Waals surface area contributed by atoms with Crippen molar-refractivity contribution in [3.63, 3.8) is 0 Å². The van der Waals surface area contributed by atoms with E-state index >= 15 is 0 Å². The molecule has 2 aromatic rings. The molecule has 0 spiro atoms. The fraction of sp³-hybridized carbons (Fsp3) is 0.158. The summed E-state index contributed by atoms with van der Waals surface area (Å²) in [5.41, 5.74) is 4.28. The van der Waals surface area contributed by atoms with E-state index in [4.69, 9.17) is 0 Å². The Morgan fingerprint density at radius 3 is 2.33 bits per heavy atom. The maximum absolute atomic E-state index is 4.42. The molecule has 6 rings (SSSR count). The first-order valence-electron chi connectivity index (χ1n) is 7.43. The molecule has 1 nitrogen and oxygen atoms in total. The van der Waals surface area contributed by atoms with Crippen LogP contribution in [0.15, 0.2) is 80.8 Å². The van der Waals surface area contributed by atoms with E-state index < -0.39 is 8.07 Å². The molecule has 0 aromatic heterocycles. The molecule has 1 aliphatic carbocycles. The number of halogens is 2. The van der Waals surface area contributed by atoms with Crippen LogP contribution in [0, 0.1) is 0 Å². The summed E-state index contributed by atoms with van der Waals surface area (Å²) in [6.45, 7) is 7.09. The molecule has 2 aromatic carbocycles. The van der Waals surface area contributed by atoms with Gasteiger partial charge in [0.05, 0.1) is 5.70 Å². The average molecular weight is 451 g/mol. The second kappa shape index (κ2) is 7.74. The third-order valence-electron chi connectivity index (χ3n) is 4.75.